The van der Waals surface area contributed by atoms with E-state index in [2.05, 4.69) is 11.4 Å². The average molecular weight is 421 g/mol. The van der Waals surface area contributed by atoms with Crippen LogP contribution in [0.5, 0.6) is 17.2 Å². The molecule has 1 aliphatic heterocycles. The minimum atomic E-state index is -0.143. The summed E-state index contributed by atoms with van der Waals surface area (Å²) in [6, 6.07) is 17.8. The standard InChI is InChI=1S/C25H27NO5/c1-28-23-7-3-6-22(25(23)29-2)19-9-8-18-14-20(11-10-17(18)13-19)31-16-24(27)26-15-21-5-4-12-30-21/h3,6-11,13-14,21H,4-5,12,15-16H2,1-2H3,(H,26,27). The summed E-state index contributed by atoms with van der Waals surface area (Å²) in [7, 11) is 3.27. The molecule has 0 aromatic heterocycles. The molecule has 31 heavy (non-hydrogen) atoms. The van der Waals surface area contributed by atoms with E-state index in [-0.39, 0.29) is 18.6 Å². The molecule has 0 spiro atoms. The largest absolute Gasteiger partial charge is 0.493 e. The topological polar surface area (TPSA) is 66.0 Å². The Hall–Kier alpha value is -3.25. The van der Waals surface area contributed by atoms with E-state index in [4.69, 9.17) is 18.9 Å². The van der Waals surface area contributed by atoms with Gasteiger partial charge in [0.25, 0.3) is 5.91 Å². The molecule has 1 saturated heterocycles. The molecule has 1 aliphatic rings. The Morgan fingerprint density at radius 2 is 1.90 bits per heavy atom. The third kappa shape index (κ3) is 4.91. The molecule has 1 N–H and O–H groups in total. The molecule has 6 nitrogen and oxygen atoms in total. The van der Waals surface area contributed by atoms with Crippen LogP contribution in [0, 0.1) is 0 Å². The van der Waals surface area contributed by atoms with Gasteiger partial charge < -0.3 is 24.3 Å². The maximum Gasteiger partial charge on any atom is 0.258 e. The molecule has 0 radical (unpaired) electrons. The zero-order valence-electron chi connectivity index (χ0n) is 17.9. The first-order valence-electron chi connectivity index (χ1n) is 10.4. The number of amides is 1. The minimum Gasteiger partial charge on any atom is -0.493 e. The molecule has 6 heteroatoms. The molecule has 0 saturated carbocycles. The zero-order chi connectivity index (χ0) is 21.6. The fourth-order valence-corrected chi connectivity index (χ4v) is 3.83. The summed E-state index contributed by atoms with van der Waals surface area (Å²) in [6.45, 7) is 1.30. The monoisotopic (exact) mass is 421 g/mol. The molecule has 162 valence electrons. The van der Waals surface area contributed by atoms with Gasteiger partial charge in [-0.05, 0) is 53.4 Å². The second-order valence-electron chi connectivity index (χ2n) is 7.49. The molecule has 3 aromatic carbocycles. The highest BCUT2D eigenvalue weighted by atomic mass is 16.5. The quantitative estimate of drug-likeness (QED) is 0.591. The SMILES string of the molecule is COc1cccc(-c2ccc3cc(OCC(=O)NCC4CCCO4)ccc3c2)c1OC. The van der Waals surface area contributed by atoms with Crippen LogP contribution in [0.15, 0.2) is 54.6 Å². The first kappa shape index (κ1) is 21.0. The van der Waals surface area contributed by atoms with Gasteiger partial charge in [-0.1, -0.05) is 30.3 Å². The number of hydrogen-bond acceptors (Lipinski definition) is 5. The van der Waals surface area contributed by atoms with Crippen LogP contribution < -0.4 is 19.5 Å². The van der Waals surface area contributed by atoms with Crippen molar-refractivity contribution in [1.29, 1.82) is 0 Å². The van der Waals surface area contributed by atoms with E-state index in [9.17, 15) is 4.79 Å². The molecule has 1 heterocycles. The lowest BCUT2D eigenvalue weighted by Crippen LogP contribution is -2.35. The Labute approximate surface area is 182 Å². The molecule has 1 fully saturated rings. The first-order chi connectivity index (χ1) is 15.2. The third-order valence-corrected chi connectivity index (χ3v) is 5.45. The maximum atomic E-state index is 12.0. The Balaban J connectivity index is 1.44. The van der Waals surface area contributed by atoms with Crippen molar-refractivity contribution < 1.29 is 23.7 Å². The Kier molecular flexibility index (Phi) is 6.57. The highest BCUT2D eigenvalue weighted by Gasteiger charge is 2.16. The van der Waals surface area contributed by atoms with Crippen LogP contribution in [0.2, 0.25) is 0 Å². The minimum absolute atomic E-state index is 0.0165. The van der Waals surface area contributed by atoms with Gasteiger partial charge in [0.05, 0.1) is 20.3 Å². The predicted molar refractivity (Wildman–Crippen MR) is 120 cm³/mol. The molecule has 0 aliphatic carbocycles. The van der Waals surface area contributed by atoms with Crippen LogP contribution in [-0.4, -0.2) is 46.0 Å². The fraction of sp³-hybridized carbons (Fsp3) is 0.320. The molecule has 3 aromatic rings. The van der Waals surface area contributed by atoms with Crippen molar-refractivity contribution in [3.05, 3.63) is 54.6 Å². The van der Waals surface area contributed by atoms with Gasteiger partial charge in [0.2, 0.25) is 0 Å². The highest BCUT2D eigenvalue weighted by Crippen LogP contribution is 2.38. The van der Waals surface area contributed by atoms with E-state index >= 15 is 0 Å². The van der Waals surface area contributed by atoms with Gasteiger partial charge >= 0.3 is 0 Å². The van der Waals surface area contributed by atoms with Gasteiger partial charge in [0, 0.05) is 18.7 Å². The summed E-state index contributed by atoms with van der Waals surface area (Å²) in [4.78, 5) is 12.0. The molecule has 1 amide bonds. The number of ether oxygens (including phenoxy) is 4. The lowest BCUT2D eigenvalue weighted by molar-refractivity contribution is -0.123. The van der Waals surface area contributed by atoms with Crippen molar-refractivity contribution >= 4 is 16.7 Å². The van der Waals surface area contributed by atoms with Gasteiger partial charge in [-0.2, -0.15) is 0 Å². The van der Waals surface area contributed by atoms with Crippen molar-refractivity contribution in [1.82, 2.24) is 5.32 Å². The number of benzene rings is 3. The van der Waals surface area contributed by atoms with Gasteiger partial charge in [0.1, 0.15) is 5.75 Å². The van der Waals surface area contributed by atoms with Crippen LogP contribution in [0.4, 0.5) is 0 Å². The number of fused-ring (bicyclic) bond motifs is 1. The van der Waals surface area contributed by atoms with Crippen LogP contribution in [-0.2, 0) is 9.53 Å². The number of para-hydroxylation sites is 1. The number of carbonyl (C=O) groups is 1. The second-order valence-corrected chi connectivity index (χ2v) is 7.49. The van der Waals surface area contributed by atoms with Crippen molar-refractivity contribution in [2.24, 2.45) is 0 Å². The van der Waals surface area contributed by atoms with E-state index in [1.807, 2.05) is 48.5 Å². The molecule has 4 rings (SSSR count). The summed E-state index contributed by atoms with van der Waals surface area (Å²) in [6.07, 6.45) is 2.18. The Bertz CT molecular complexity index is 1060. The van der Waals surface area contributed by atoms with Crippen LogP contribution in [0.3, 0.4) is 0 Å². The van der Waals surface area contributed by atoms with Crippen LogP contribution in [0.25, 0.3) is 21.9 Å². The predicted octanol–water partition coefficient (Wildman–Crippen LogP) is 4.20. The van der Waals surface area contributed by atoms with E-state index in [0.29, 0.717) is 23.8 Å². The number of methoxy groups -OCH3 is 2. The number of carbonyl (C=O) groups excluding carboxylic acids is 1. The average Bonchev–Trinajstić information content (AvgIpc) is 3.34. The molecular weight excluding hydrogens is 394 g/mol. The third-order valence-electron chi connectivity index (χ3n) is 5.45. The van der Waals surface area contributed by atoms with Crippen LogP contribution in [0.1, 0.15) is 12.8 Å². The molecule has 1 unspecified atom stereocenters. The first-order valence-corrected chi connectivity index (χ1v) is 10.4. The van der Waals surface area contributed by atoms with E-state index in [1.165, 1.54) is 0 Å². The van der Waals surface area contributed by atoms with Gasteiger partial charge in [-0.3, -0.25) is 4.79 Å². The number of hydrogen-bond donors (Lipinski definition) is 1. The second kappa shape index (κ2) is 9.71. The van der Waals surface area contributed by atoms with E-state index in [1.54, 1.807) is 14.2 Å². The van der Waals surface area contributed by atoms with E-state index in [0.717, 1.165) is 41.3 Å². The lowest BCUT2D eigenvalue weighted by atomic mass is 10.00. The number of nitrogens with one attached hydrogen (secondary N) is 1. The van der Waals surface area contributed by atoms with Crippen molar-refractivity contribution in [2.75, 3.05) is 34.0 Å². The highest BCUT2D eigenvalue weighted by molar-refractivity contribution is 5.89. The normalized spacial score (nSPS) is 15.6. The zero-order valence-corrected chi connectivity index (χ0v) is 17.9. The smallest absolute Gasteiger partial charge is 0.258 e. The summed E-state index contributed by atoms with van der Waals surface area (Å²) >= 11 is 0. The van der Waals surface area contributed by atoms with Gasteiger partial charge in [-0.25, -0.2) is 0 Å². The van der Waals surface area contributed by atoms with Gasteiger partial charge in [-0.15, -0.1) is 0 Å². The summed E-state index contributed by atoms with van der Waals surface area (Å²) in [5, 5.41) is 4.96. The summed E-state index contributed by atoms with van der Waals surface area (Å²) < 4.78 is 22.2. The van der Waals surface area contributed by atoms with Crippen molar-refractivity contribution in [2.45, 2.75) is 18.9 Å². The fourth-order valence-electron chi connectivity index (χ4n) is 3.83. The maximum absolute atomic E-state index is 12.0. The van der Waals surface area contributed by atoms with Crippen molar-refractivity contribution in [3.63, 3.8) is 0 Å². The molecule has 1 atom stereocenters. The Morgan fingerprint density at radius 1 is 1.06 bits per heavy atom. The summed E-state index contributed by atoms with van der Waals surface area (Å²) in [5.41, 5.74) is 2.00. The van der Waals surface area contributed by atoms with Crippen molar-refractivity contribution in [3.8, 4) is 28.4 Å². The van der Waals surface area contributed by atoms with E-state index < -0.39 is 0 Å². The number of rotatable bonds is 8. The molecular formula is C25H27NO5. The van der Waals surface area contributed by atoms with Gasteiger partial charge in [0.15, 0.2) is 18.1 Å². The van der Waals surface area contributed by atoms with Crippen LogP contribution >= 0.6 is 0 Å². The summed E-state index contributed by atoms with van der Waals surface area (Å²) in [5.74, 6) is 1.92. The lowest BCUT2D eigenvalue weighted by Gasteiger charge is -2.14. The Morgan fingerprint density at radius 3 is 2.68 bits per heavy atom. The molecule has 0 bridgehead atoms.